The molecule has 2 N–H and O–H groups in total. The van der Waals surface area contributed by atoms with Gasteiger partial charge in [0.05, 0.1) is 6.04 Å². The van der Waals surface area contributed by atoms with Crippen LogP contribution in [0.5, 0.6) is 0 Å². The first-order valence-corrected chi connectivity index (χ1v) is 6.22. The number of amides is 1. The van der Waals surface area contributed by atoms with Crippen LogP contribution in [-0.4, -0.2) is 30.9 Å². The van der Waals surface area contributed by atoms with Gasteiger partial charge < -0.3 is 5.32 Å². The number of aryl methyl sites for hydroxylation is 1. The molecule has 7 heteroatoms. The van der Waals surface area contributed by atoms with Gasteiger partial charge in [0.15, 0.2) is 5.82 Å². The summed E-state index contributed by atoms with van der Waals surface area (Å²) < 4.78 is 1.75. The molecule has 0 aliphatic rings. The van der Waals surface area contributed by atoms with E-state index in [1.54, 1.807) is 16.9 Å². The number of nitrogens with one attached hydrogen (secondary N) is 2. The topological polar surface area (TPSA) is 88.5 Å². The van der Waals surface area contributed by atoms with E-state index in [-0.39, 0.29) is 18.0 Å². The molecule has 2 heterocycles. The maximum atomic E-state index is 12.0. The molecule has 0 spiro atoms. The van der Waals surface area contributed by atoms with Gasteiger partial charge in [-0.3, -0.25) is 14.6 Å². The Morgan fingerprint density at radius 1 is 1.42 bits per heavy atom. The lowest BCUT2D eigenvalue weighted by atomic mass is 10.3. The molecule has 1 amide bonds. The lowest BCUT2D eigenvalue weighted by molar-refractivity contribution is 0.0932. The molecule has 0 bridgehead atoms. The molecule has 0 aromatic carbocycles. The Balaban J connectivity index is 2.04. The number of aromatic nitrogens is 5. The van der Waals surface area contributed by atoms with Crippen LogP contribution < -0.4 is 5.32 Å². The second-order valence-corrected chi connectivity index (χ2v) is 4.75. The molecule has 0 saturated heterocycles. The number of aromatic amines is 1. The SMILES string of the molecule is Cc1nc([C@H](C)NC(=O)c2ccn(C(C)C)n2)n[nH]1. The second-order valence-electron chi connectivity index (χ2n) is 4.75. The highest BCUT2D eigenvalue weighted by Gasteiger charge is 2.17. The molecule has 0 radical (unpaired) electrons. The number of nitrogens with zero attached hydrogens (tertiary/aromatic N) is 4. The Morgan fingerprint density at radius 2 is 2.16 bits per heavy atom. The predicted molar refractivity (Wildman–Crippen MR) is 69.6 cm³/mol. The number of carbonyl (C=O) groups is 1. The van der Waals surface area contributed by atoms with Gasteiger partial charge in [0.1, 0.15) is 11.5 Å². The van der Waals surface area contributed by atoms with Crippen LogP contribution in [0.4, 0.5) is 0 Å². The Kier molecular flexibility index (Phi) is 3.64. The first-order chi connectivity index (χ1) is 8.97. The van der Waals surface area contributed by atoms with E-state index in [4.69, 9.17) is 0 Å². The second kappa shape index (κ2) is 5.21. The number of H-pyrrole nitrogens is 1. The molecule has 0 aliphatic carbocycles. The fourth-order valence-electron chi connectivity index (χ4n) is 1.64. The summed E-state index contributed by atoms with van der Waals surface area (Å²) in [4.78, 5) is 16.2. The molecular formula is C12H18N6O. The van der Waals surface area contributed by atoms with Gasteiger partial charge in [-0.2, -0.15) is 10.2 Å². The van der Waals surface area contributed by atoms with E-state index < -0.39 is 0 Å². The van der Waals surface area contributed by atoms with Crippen LogP contribution in [0.25, 0.3) is 0 Å². The van der Waals surface area contributed by atoms with Gasteiger partial charge in [0, 0.05) is 12.2 Å². The fraction of sp³-hybridized carbons (Fsp3) is 0.500. The largest absolute Gasteiger partial charge is 0.341 e. The smallest absolute Gasteiger partial charge is 0.272 e. The van der Waals surface area contributed by atoms with Crippen LogP contribution in [0.3, 0.4) is 0 Å². The van der Waals surface area contributed by atoms with Crippen LogP contribution in [0.2, 0.25) is 0 Å². The quantitative estimate of drug-likeness (QED) is 0.871. The van der Waals surface area contributed by atoms with Gasteiger partial charge in [-0.25, -0.2) is 4.98 Å². The first-order valence-electron chi connectivity index (χ1n) is 6.22. The molecule has 1 atom stereocenters. The van der Waals surface area contributed by atoms with E-state index >= 15 is 0 Å². The average Bonchev–Trinajstić information content (AvgIpc) is 2.96. The molecule has 102 valence electrons. The number of hydrogen-bond acceptors (Lipinski definition) is 4. The normalized spacial score (nSPS) is 12.7. The summed E-state index contributed by atoms with van der Waals surface area (Å²) in [6, 6.07) is 1.67. The Bertz CT molecular complexity index is 570. The van der Waals surface area contributed by atoms with Gasteiger partial charge >= 0.3 is 0 Å². The Hall–Kier alpha value is -2.18. The Morgan fingerprint density at radius 3 is 2.68 bits per heavy atom. The molecule has 0 saturated carbocycles. The summed E-state index contributed by atoms with van der Waals surface area (Å²) in [6.07, 6.45) is 1.79. The van der Waals surface area contributed by atoms with E-state index in [0.29, 0.717) is 11.5 Å². The number of carbonyl (C=O) groups excluding carboxylic acids is 1. The molecule has 0 aliphatic heterocycles. The highest BCUT2D eigenvalue weighted by atomic mass is 16.2. The van der Waals surface area contributed by atoms with Crippen molar-refractivity contribution in [1.82, 2.24) is 30.3 Å². The summed E-state index contributed by atoms with van der Waals surface area (Å²) >= 11 is 0. The maximum Gasteiger partial charge on any atom is 0.272 e. The monoisotopic (exact) mass is 262 g/mol. The summed E-state index contributed by atoms with van der Waals surface area (Å²) in [5.41, 5.74) is 0.396. The van der Waals surface area contributed by atoms with Crippen LogP contribution in [0.15, 0.2) is 12.3 Å². The highest BCUT2D eigenvalue weighted by Crippen LogP contribution is 2.08. The van der Waals surface area contributed by atoms with Crippen molar-refractivity contribution in [3.63, 3.8) is 0 Å². The third-order valence-corrected chi connectivity index (χ3v) is 2.72. The lowest BCUT2D eigenvalue weighted by Crippen LogP contribution is -2.28. The van der Waals surface area contributed by atoms with Crippen molar-refractivity contribution in [3.05, 3.63) is 29.6 Å². The molecule has 2 aromatic rings. The van der Waals surface area contributed by atoms with Crippen molar-refractivity contribution >= 4 is 5.91 Å². The fourth-order valence-corrected chi connectivity index (χ4v) is 1.64. The van der Waals surface area contributed by atoms with E-state index in [2.05, 4.69) is 25.6 Å². The molecule has 7 nitrogen and oxygen atoms in total. The molecule has 2 rings (SSSR count). The average molecular weight is 262 g/mol. The molecular weight excluding hydrogens is 244 g/mol. The van der Waals surface area contributed by atoms with Crippen molar-refractivity contribution in [3.8, 4) is 0 Å². The van der Waals surface area contributed by atoms with E-state index in [1.807, 2.05) is 27.7 Å². The van der Waals surface area contributed by atoms with Crippen LogP contribution in [0, 0.1) is 6.92 Å². The molecule has 0 unspecified atom stereocenters. The molecule has 19 heavy (non-hydrogen) atoms. The van der Waals surface area contributed by atoms with Gasteiger partial charge in [-0.1, -0.05) is 0 Å². The van der Waals surface area contributed by atoms with Gasteiger partial charge in [0.25, 0.3) is 5.91 Å². The summed E-state index contributed by atoms with van der Waals surface area (Å²) in [6.45, 7) is 7.66. The summed E-state index contributed by atoms with van der Waals surface area (Å²) in [5.74, 6) is 1.06. The third kappa shape index (κ3) is 2.98. The van der Waals surface area contributed by atoms with E-state index in [9.17, 15) is 4.79 Å². The van der Waals surface area contributed by atoms with Gasteiger partial charge in [-0.15, -0.1) is 0 Å². The standard InChI is InChI=1S/C12H18N6O/c1-7(2)18-6-5-10(17-18)12(19)13-8(3)11-14-9(4)15-16-11/h5-8H,1-4H3,(H,13,19)(H,14,15,16)/t8-/m0/s1. The zero-order valence-corrected chi connectivity index (χ0v) is 11.5. The number of rotatable bonds is 4. The lowest BCUT2D eigenvalue weighted by Gasteiger charge is -2.09. The minimum absolute atomic E-state index is 0.227. The van der Waals surface area contributed by atoms with Crippen molar-refractivity contribution in [2.45, 2.75) is 39.8 Å². The van der Waals surface area contributed by atoms with E-state index in [1.165, 1.54) is 0 Å². The summed E-state index contributed by atoms with van der Waals surface area (Å²) in [5, 5.41) is 13.8. The third-order valence-electron chi connectivity index (χ3n) is 2.72. The maximum absolute atomic E-state index is 12.0. The summed E-state index contributed by atoms with van der Waals surface area (Å²) in [7, 11) is 0. The van der Waals surface area contributed by atoms with Crippen LogP contribution in [0.1, 0.15) is 55.0 Å². The van der Waals surface area contributed by atoms with E-state index in [0.717, 1.165) is 5.82 Å². The van der Waals surface area contributed by atoms with Crippen molar-refractivity contribution in [2.24, 2.45) is 0 Å². The minimum atomic E-state index is -0.262. The molecule has 2 aromatic heterocycles. The zero-order chi connectivity index (χ0) is 14.0. The first kappa shape index (κ1) is 13.3. The van der Waals surface area contributed by atoms with Crippen molar-refractivity contribution in [1.29, 1.82) is 0 Å². The van der Waals surface area contributed by atoms with Crippen LogP contribution >= 0.6 is 0 Å². The minimum Gasteiger partial charge on any atom is -0.341 e. The van der Waals surface area contributed by atoms with Crippen molar-refractivity contribution < 1.29 is 4.79 Å². The van der Waals surface area contributed by atoms with Crippen LogP contribution in [-0.2, 0) is 0 Å². The van der Waals surface area contributed by atoms with Gasteiger partial charge in [0.2, 0.25) is 0 Å². The molecule has 0 fully saturated rings. The predicted octanol–water partition coefficient (Wildman–Crippen LogP) is 1.38. The van der Waals surface area contributed by atoms with Gasteiger partial charge in [-0.05, 0) is 33.8 Å². The van der Waals surface area contributed by atoms with Crippen molar-refractivity contribution in [2.75, 3.05) is 0 Å². The Labute approximate surface area is 111 Å². The zero-order valence-electron chi connectivity index (χ0n) is 11.5. The highest BCUT2D eigenvalue weighted by molar-refractivity contribution is 5.92. The number of hydrogen-bond donors (Lipinski definition) is 2.